The number of amides is 1. The average Bonchev–Trinajstić information content (AvgIpc) is 3.28. The molecule has 0 radical (unpaired) electrons. The van der Waals surface area contributed by atoms with Crippen molar-refractivity contribution in [3.63, 3.8) is 0 Å². The summed E-state index contributed by atoms with van der Waals surface area (Å²) in [6, 6.07) is 20.2. The molecule has 5 rings (SSSR count). The van der Waals surface area contributed by atoms with Crippen LogP contribution in [0, 0.1) is 5.92 Å². The van der Waals surface area contributed by atoms with Crippen LogP contribution in [0.2, 0.25) is 0 Å². The van der Waals surface area contributed by atoms with Crippen molar-refractivity contribution in [2.75, 3.05) is 44.2 Å². The Labute approximate surface area is 186 Å². The Kier molecular flexibility index (Phi) is 6.26. The molecule has 164 valence electrons. The molecule has 1 aliphatic carbocycles. The van der Waals surface area contributed by atoms with E-state index in [1.165, 1.54) is 44.5 Å². The molecule has 0 atom stereocenters. The van der Waals surface area contributed by atoms with Gasteiger partial charge < -0.3 is 9.80 Å². The third kappa shape index (κ3) is 4.79. The molecule has 0 saturated carbocycles. The number of hydrogen-bond donors (Lipinski definition) is 0. The fourth-order valence-corrected chi connectivity index (χ4v) is 5.74. The normalized spacial score (nSPS) is 20.8. The second-order valence-corrected chi connectivity index (χ2v) is 9.55. The van der Waals surface area contributed by atoms with Crippen molar-refractivity contribution in [2.45, 2.75) is 44.6 Å². The van der Waals surface area contributed by atoms with E-state index in [0.717, 1.165) is 44.9 Å². The first-order valence-corrected chi connectivity index (χ1v) is 12.1. The third-order valence-corrected chi connectivity index (χ3v) is 7.72. The zero-order chi connectivity index (χ0) is 21.0. The fraction of sp³-hybridized carbons (Fsp3) is 0.519. The average molecular weight is 418 g/mol. The van der Waals surface area contributed by atoms with Crippen LogP contribution in [0.4, 0.5) is 5.69 Å². The Hall–Kier alpha value is -2.33. The first kappa shape index (κ1) is 20.6. The lowest BCUT2D eigenvalue weighted by Gasteiger charge is -2.37. The van der Waals surface area contributed by atoms with Gasteiger partial charge in [0.15, 0.2) is 0 Å². The van der Waals surface area contributed by atoms with Gasteiger partial charge in [-0.1, -0.05) is 42.5 Å². The van der Waals surface area contributed by atoms with Crippen LogP contribution in [-0.2, 0) is 17.6 Å². The molecule has 0 N–H and O–H groups in total. The smallest absolute Gasteiger partial charge is 0.222 e. The van der Waals surface area contributed by atoms with E-state index in [1.54, 1.807) is 11.1 Å². The molecule has 0 unspecified atom stereocenters. The topological polar surface area (TPSA) is 26.8 Å². The molecular formula is C27H35N3O. The van der Waals surface area contributed by atoms with E-state index in [2.05, 4.69) is 69.3 Å². The number of hydrogen-bond acceptors (Lipinski definition) is 3. The molecule has 0 aromatic heterocycles. The molecule has 31 heavy (non-hydrogen) atoms. The maximum absolute atomic E-state index is 12.8. The summed E-state index contributed by atoms with van der Waals surface area (Å²) >= 11 is 0. The van der Waals surface area contributed by atoms with Crippen LogP contribution in [0.5, 0.6) is 0 Å². The van der Waals surface area contributed by atoms with Crippen LogP contribution in [-0.4, -0.2) is 61.0 Å². The summed E-state index contributed by atoms with van der Waals surface area (Å²) in [4.78, 5) is 20.0. The lowest BCUT2D eigenvalue weighted by atomic mass is 9.91. The quantitative estimate of drug-likeness (QED) is 0.736. The molecule has 0 spiro atoms. The highest BCUT2D eigenvalue weighted by atomic mass is 16.2. The molecule has 2 saturated heterocycles. The van der Waals surface area contributed by atoms with E-state index in [0.29, 0.717) is 11.9 Å². The van der Waals surface area contributed by atoms with Crippen molar-refractivity contribution >= 4 is 11.6 Å². The van der Waals surface area contributed by atoms with Gasteiger partial charge in [0.25, 0.3) is 0 Å². The summed E-state index contributed by atoms with van der Waals surface area (Å²) in [6.07, 6.45) is 6.73. The van der Waals surface area contributed by atoms with Crippen molar-refractivity contribution in [3.8, 4) is 0 Å². The van der Waals surface area contributed by atoms with E-state index in [9.17, 15) is 4.79 Å². The zero-order valence-electron chi connectivity index (χ0n) is 18.6. The van der Waals surface area contributed by atoms with Gasteiger partial charge in [0.1, 0.15) is 0 Å². The number of likely N-dealkylation sites (tertiary alicyclic amines) is 1. The molecule has 0 bridgehead atoms. The van der Waals surface area contributed by atoms with Crippen molar-refractivity contribution in [1.29, 1.82) is 0 Å². The highest BCUT2D eigenvalue weighted by molar-refractivity contribution is 5.76. The van der Waals surface area contributed by atoms with Gasteiger partial charge in [-0.3, -0.25) is 9.69 Å². The summed E-state index contributed by atoms with van der Waals surface area (Å²) in [5, 5.41) is 0. The fourth-order valence-electron chi connectivity index (χ4n) is 5.74. The van der Waals surface area contributed by atoms with Crippen LogP contribution >= 0.6 is 0 Å². The first-order chi connectivity index (χ1) is 15.3. The maximum Gasteiger partial charge on any atom is 0.222 e. The Bertz CT molecular complexity index is 842. The van der Waals surface area contributed by atoms with Crippen molar-refractivity contribution in [1.82, 2.24) is 9.80 Å². The highest BCUT2D eigenvalue weighted by Gasteiger charge is 2.30. The Morgan fingerprint density at radius 2 is 1.39 bits per heavy atom. The molecule has 2 aliphatic heterocycles. The summed E-state index contributed by atoms with van der Waals surface area (Å²) in [7, 11) is 0. The number of anilines is 1. The van der Waals surface area contributed by atoms with Gasteiger partial charge in [-0.05, 0) is 74.4 Å². The summed E-state index contributed by atoms with van der Waals surface area (Å²) < 4.78 is 0. The van der Waals surface area contributed by atoms with E-state index < -0.39 is 0 Å². The molecule has 2 heterocycles. The number of fused-ring (bicyclic) bond motifs is 1. The lowest BCUT2D eigenvalue weighted by Crippen LogP contribution is -2.49. The number of rotatable bonds is 5. The summed E-state index contributed by atoms with van der Waals surface area (Å²) in [5.74, 6) is 1.08. The van der Waals surface area contributed by atoms with Crippen molar-refractivity contribution in [2.24, 2.45) is 5.92 Å². The second kappa shape index (κ2) is 9.44. The van der Waals surface area contributed by atoms with Gasteiger partial charge in [0, 0.05) is 44.3 Å². The molecule has 2 aromatic carbocycles. The van der Waals surface area contributed by atoms with E-state index >= 15 is 0 Å². The van der Waals surface area contributed by atoms with Gasteiger partial charge in [0.2, 0.25) is 5.91 Å². The standard InChI is InChI=1S/C27H35N3O/c31-27(30-18-16-29(17-19-30)25-8-2-1-3-9-25)11-10-22-12-14-28(15-13-22)26-20-23-6-4-5-7-24(23)21-26/h1-9,22,26H,10-21H2. The predicted molar refractivity (Wildman–Crippen MR) is 126 cm³/mol. The third-order valence-electron chi connectivity index (χ3n) is 7.72. The minimum Gasteiger partial charge on any atom is -0.368 e. The van der Waals surface area contributed by atoms with Crippen LogP contribution < -0.4 is 4.90 Å². The molecular weight excluding hydrogens is 382 g/mol. The monoisotopic (exact) mass is 417 g/mol. The Morgan fingerprint density at radius 1 is 0.774 bits per heavy atom. The minimum absolute atomic E-state index is 0.362. The van der Waals surface area contributed by atoms with Crippen LogP contribution in [0.15, 0.2) is 54.6 Å². The molecule has 3 aliphatic rings. The molecule has 1 amide bonds. The van der Waals surface area contributed by atoms with Gasteiger partial charge in [-0.2, -0.15) is 0 Å². The number of nitrogens with zero attached hydrogens (tertiary/aromatic N) is 3. The number of piperidine rings is 1. The number of carbonyl (C=O) groups is 1. The van der Waals surface area contributed by atoms with Crippen LogP contribution in [0.1, 0.15) is 36.8 Å². The van der Waals surface area contributed by atoms with Crippen molar-refractivity contribution in [3.05, 3.63) is 65.7 Å². The second-order valence-electron chi connectivity index (χ2n) is 9.55. The first-order valence-electron chi connectivity index (χ1n) is 12.1. The number of carbonyl (C=O) groups excluding carboxylic acids is 1. The lowest BCUT2D eigenvalue weighted by molar-refractivity contribution is -0.131. The number of piperazine rings is 1. The SMILES string of the molecule is O=C(CCC1CCN(C2Cc3ccccc3C2)CC1)N1CCN(c2ccccc2)CC1. The molecule has 2 aromatic rings. The minimum atomic E-state index is 0.362. The maximum atomic E-state index is 12.8. The van der Waals surface area contributed by atoms with Gasteiger partial charge in [0.05, 0.1) is 0 Å². The van der Waals surface area contributed by atoms with Crippen molar-refractivity contribution < 1.29 is 4.79 Å². The Balaban J connectivity index is 1.02. The largest absolute Gasteiger partial charge is 0.368 e. The van der Waals surface area contributed by atoms with Crippen LogP contribution in [0.3, 0.4) is 0 Å². The van der Waals surface area contributed by atoms with E-state index in [1.807, 2.05) is 0 Å². The highest BCUT2D eigenvalue weighted by Crippen LogP contribution is 2.30. The van der Waals surface area contributed by atoms with Crippen LogP contribution in [0.25, 0.3) is 0 Å². The zero-order valence-corrected chi connectivity index (χ0v) is 18.6. The predicted octanol–water partition coefficient (Wildman–Crippen LogP) is 3.99. The Morgan fingerprint density at radius 3 is 2.03 bits per heavy atom. The van der Waals surface area contributed by atoms with Gasteiger partial charge >= 0.3 is 0 Å². The van der Waals surface area contributed by atoms with E-state index in [-0.39, 0.29) is 0 Å². The van der Waals surface area contributed by atoms with Gasteiger partial charge in [-0.25, -0.2) is 0 Å². The number of benzene rings is 2. The summed E-state index contributed by atoms with van der Waals surface area (Å²) in [5.41, 5.74) is 4.37. The van der Waals surface area contributed by atoms with Gasteiger partial charge in [-0.15, -0.1) is 0 Å². The molecule has 4 nitrogen and oxygen atoms in total. The number of para-hydroxylation sites is 1. The van der Waals surface area contributed by atoms with E-state index in [4.69, 9.17) is 0 Å². The molecule has 4 heteroatoms. The molecule has 2 fully saturated rings. The summed E-state index contributed by atoms with van der Waals surface area (Å²) in [6.45, 7) is 6.00.